The average Bonchev–Trinajstić information content (AvgIpc) is 2.82. The van der Waals surface area contributed by atoms with Crippen molar-refractivity contribution in [3.63, 3.8) is 0 Å². The summed E-state index contributed by atoms with van der Waals surface area (Å²) in [6.07, 6.45) is 1.05. The van der Waals surface area contributed by atoms with Gasteiger partial charge in [-0.3, -0.25) is 4.79 Å². The third kappa shape index (κ3) is 2.77. The largest absolute Gasteiger partial charge is 0.351 e. The topological polar surface area (TPSA) is 55.1 Å². The number of nitrogens with one attached hydrogen (secondary N) is 1. The summed E-state index contributed by atoms with van der Waals surface area (Å²) >= 11 is 1.88. The van der Waals surface area contributed by atoms with Crippen molar-refractivity contribution in [2.75, 3.05) is 11.5 Å². The maximum atomic E-state index is 11.9. The van der Waals surface area contributed by atoms with E-state index in [0.29, 0.717) is 6.04 Å². The molecular weight excluding hydrogens is 220 g/mol. The van der Waals surface area contributed by atoms with E-state index in [1.165, 1.54) is 0 Å². The second kappa shape index (κ2) is 5.37. The number of thioether (sulfide) groups is 1. The summed E-state index contributed by atoms with van der Waals surface area (Å²) in [6.45, 7) is 0. The number of benzene rings is 1. The van der Waals surface area contributed by atoms with Gasteiger partial charge in [-0.2, -0.15) is 11.8 Å². The fourth-order valence-electron chi connectivity index (χ4n) is 1.75. The van der Waals surface area contributed by atoms with Crippen LogP contribution in [0.5, 0.6) is 0 Å². The van der Waals surface area contributed by atoms with Gasteiger partial charge in [-0.25, -0.2) is 0 Å². The Hall–Kier alpha value is -1.00. The Kier molecular flexibility index (Phi) is 3.85. The Labute approximate surface area is 99.8 Å². The van der Waals surface area contributed by atoms with Gasteiger partial charge >= 0.3 is 0 Å². The molecular formula is C12H16N2OS. The first-order chi connectivity index (χ1) is 7.77. The zero-order valence-corrected chi connectivity index (χ0v) is 9.87. The van der Waals surface area contributed by atoms with Gasteiger partial charge in [0.1, 0.15) is 6.04 Å². The number of rotatable bonds is 3. The second-order valence-electron chi connectivity index (χ2n) is 3.96. The van der Waals surface area contributed by atoms with E-state index in [9.17, 15) is 4.79 Å². The molecule has 0 bridgehead atoms. The molecule has 1 saturated heterocycles. The molecule has 1 fully saturated rings. The first-order valence-electron chi connectivity index (χ1n) is 5.46. The van der Waals surface area contributed by atoms with Crippen molar-refractivity contribution >= 4 is 17.7 Å². The highest BCUT2D eigenvalue weighted by molar-refractivity contribution is 7.99. The van der Waals surface area contributed by atoms with Crippen molar-refractivity contribution in [1.82, 2.24) is 5.32 Å². The third-order valence-corrected chi connectivity index (χ3v) is 3.88. The number of hydrogen-bond donors (Lipinski definition) is 2. The molecule has 2 rings (SSSR count). The van der Waals surface area contributed by atoms with Gasteiger partial charge in [-0.15, -0.1) is 0 Å². The van der Waals surface area contributed by atoms with Gasteiger partial charge in [0, 0.05) is 11.8 Å². The average molecular weight is 236 g/mol. The predicted molar refractivity (Wildman–Crippen MR) is 67.2 cm³/mol. The lowest BCUT2D eigenvalue weighted by Crippen LogP contribution is -2.40. The molecule has 2 atom stereocenters. The third-order valence-electron chi connectivity index (χ3n) is 2.72. The van der Waals surface area contributed by atoms with E-state index < -0.39 is 6.04 Å². The van der Waals surface area contributed by atoms with Crippen molar-refractivity contribution in [2.45, 2.75) is 18.5 Å². The summed E-state index contributed by atoms with van der Waals surface area (Å²) in [5.41, 5.74) is 6.76. The van der Waals surface area contributed by atoms with Crippen molar-refractivity contribution in [3.05, 3.63) is 35.9 Å². The van der Waals surface area contributed by atoms with Gasteiger partial charge in [0.2, 0.25) is 5.91 Å². The molecule has 2 unspecified atom stereocenters. The lowest BCUT2D eigenvalue weighted by molar-refractivity contribution is -0.123. The molecule has 1 aromatic rings. The summed E-state index contributed by atoms with van der Waals surface area (Å²) in [6, 6.07) is 9.23. The van der Waals surface area contributed by atoms with Crippen LogP contribution in [0.25, 0.3) is 0 Å². The van der Waals surface area contributed by atoms with Crippen LogP contribution < -0.4 is 11.1 Å². The van der Waals surface area contributed by atoms with Crippen LogP contribution in [-0.4, -0.2) is 23.5 Å². The van der Waals surface area contributed by atoms with E-state index in [1.807, 2.05) is 42.1 Å². The van der Waals surface area contributed by atoms with Crippen LogP contribution in [0, 0.1) is 0 Å². The van der Waals surface area contributed by atoms with Crippen molar-refractivity contribution in [1.29, 1.82) is 0 Å². The predicted octanol–water partition coefficient (Wildman–Crippen LogP) is 1.31. The SMILES string of the molecule is NC(C(=O)NC1CCSC1)c1ccccc1. The molecule has 86 valence electrons. The molecule has 16 heavy (non-hydrogen) atoms. The molecule has 3 nitrogen and oxygen atoms in total. The molecule has 1 amide bonds. The highest BCUT2D eigenvalue weighted by atomic mass is 32.2. The van der Waals surface area contributed by atoms with Gasteiger partial charge in [0.15, 0.2) is 0 Å². The molecule has 1 aromatic carbocycles. The molecule has 0 aliphatic carbocycles. The minimum Gasteiger partial charge on any atom is -0.351 e. The van der Waals surface area contributed by atoms with Gasteiger partial charge in [0.25, 0.3) is 0 Å². The Morgan fingerprint density at radius 2 is 2.19 bits per heavy atom. The van der Waals surface area contributed by atoms with Gasteiger partial charge < -0.3 is 11.1 Å². The molecule has 0 radical (unpaired) electrons. The first kappa shape index (κ1) is 11.5. The van der Waals surface area contributed by atoms with Gasteiger partial charge in [0.05, 0.1) is 0 Å². The smallest absolute Gasteiger partial charge is 0.241 e. The van der Waals surface area contributed by atoms with Crippen molar-refractivity contribution in [3.8, 4) is 0 Å². The summed E-state index contributed by atoms with van der Waals surface area (Å²) in [5.74, 6) is 2.07. The van der Waals surface area contributed by atoms with Crippen LogP contribution in [0.1, 0.15) is 18.0 Å². The van der Waals surface area contributed by atoms with E-state index in [0.717, 1.165) is 23.5 Å². The van der Waals surface area contributed by atoms with Crippen LogP contribution >= 0.6 is 11.8 Å². The van der Waals surface area contributed by atoms with E-state index in [2.05, 4.69) is 5.32 Å². The first-order valence-corrected chi connectivity index (χ1v) is 6.61. The normalized spacial score (nSPS) is 21.7. The summed E-state index contributed by atoms with van der Waals surface area (Å²) in [5, 5.41) is 2.99. The minimum absolute atomic E-state index is 0.0706. The van der Waals surface area contributed by atoms with Crippen molar-refractivity contribution in [2.24, 2.45) is 5.73 Å². The zero-order valence-electron chi connectivity index (χ0n) is 9.06. The number of carbonyl (C=O) groups is 1. The molecule has 0 saturated carbocycles. The van der Waals surface area contributed by atoms with Crippen molar-refractivity contribution < 1.29 is 4.79 Å². The van der Waals surface area contributed by atoms with Crippen LogP contribution in [0.2, 0.25) is 0 Å². The number of nitrogens with two attached hydrogens (primary N) is 1. The standard InChI is InChI=1S/C12H16N2OS/c13-11(9-4-2-1-3-5-9)12(15)14-10-6-7-16-8-10/h1-5,10-11H,6-8,13H2,(H,14,15). The second-order valence-corrected chi connectivity index (χ2v) is 5.11. The summed E-state index contributed by atoms with van der Waals surface area (Å²) < 4.78 is 0. The molecule has 0 spiro atoms. The highest BCUT2D eigenvalue weighted by Crippen LogP contribution is 2.18. The van der Waals surface area contributed by atoms with E-state index in [4.69, 9.17) is 5.73 Å². The Morgan fingerprint density at radius 3 is 2.81 bits per heavy atom. The summed E-state index contributed by atoms with van der Waals surface area (Å²) in [4.78, 5) is 11.9. The van der Waals surface area contributed by atoms with E-state index in [-0.39, 0.29) is 5.91 Å². The van der Waals surface area contributed by atoms with Crippen LogP contribution in [0.15, 0.2) is 30.3 Å². The van der Waals surface area contributed by atoms with Crippen LogP contribution in [0.3, 0.4) is 0 Å². The Balaban J connectivity index is 1.94. The monoisotopic (exact) mass is 236 g/mol. The lowest BCUT2D eigenvalue weighted by atomic mass is 10.1. The van der Waals surface area contributed by atoms with Gasteiger partial charge in [-0.1, -0.05) is 30.3 Å². The van der Waals surface area contributed by atoms with Crippen LogP contribution in [0.4, 0.5) is 0 Å². The fraction of sp³-hybridized carbons (Fsp3) is 0.417. The quantitative estimate of drug-likeness (QED) is 0.832. The lowest BCUT2D eigenvalue weighted by Gasteiger charge is -2.16. The van der Waals surface area contributed by atoms with Crippen LogP contribution in [-0.2, 0) is 4.79 Å². The molecule has 3 N–H and O–H groups in total. The van der Waals surface area contributed by atoms with E-state index in [1.54, 1.807) is 0 Å². The molecule has 1 aliphatic rings. The van der Waals surface area contributed by atoms with E-state index >= 15 is 0 Å². The Morgan fingerprint density at radius 1 is 1.44 bits per heavy atom. The highest BCUT2D eigenvalue weighted by Gasteiger charge is 2.21. The Bertz CT molecular complexity index is 349. The summed E-state index contributed by atoms with van der Waals surface area (Å²) in [7, 11) is 0. The fourth-order valence-corrected chi connectivity index (χ4v) is 2.90. The molecule has 4 heteroatoms. The number of hydrogen-bond acceptors (Lipinski definition) is 3. The zero-order chi connectivity index (χ0) is 11.4. The molecule has 0 aromatic heterocycles. The minimum atomic E-state index is -0.549. The number of carbonyl (C=O) groups excluding carboxylic acids is 1. The molecule has 1 aliphatic heterocycles. The number of amides is 1. The maximum Gasteiger partial charge on any atom is 0.241 e. The van der Waals surface area contributed by atoms with Gasteiger partial charge in [-0.05, 0) is 17.7 Å². The molecule has 1 heterocycles. The maximum absolute atomic E-state index is 11.9.